The fraction of sp³-hybridized carbons (Fsp3) is 0.294. The lowest BCUT2D eigenvalue weighted by atomic mass is 10.1. The van der Waals surface area contributed by atoms with Gasteiger partial charge in [-0.2, -0.15) is 0 Å². The molecular formula is C17H21FN2O3S. The third-order valence-electron chi connectivity index (χ3n) is 3.69. The summed E-state index contributed by atoms with van der Waals surface area (Å²) in [7, 11) is 1.49. The molecule has 0 aliphatic rings. The Morgan fingerprint density at radius 2 is 1.83 bits per heavy atom. The number of nitrogens with one attached hydrogen (secondary N) is 1. The topological polar surface area (TPSA) is 58.6 Å². The number of nitrogens with zero attached hydrogens (tertiary/aromatic N) is 1. The van der Waals surface area contributed by atoms with E-state index in [1.807, 2.05) is 19.0 Å². The van der Waals surface area contributed by atoms with E-state index in [-0.39, 0.29) is 23.3 Å². The molecule has 0 aromatic heterocycles. The highest BCUT2D eigenvalue weighted by Gasteiger charge is 2.20. The molecule has 1 N–H and O–H groups in total. The van der Waals surface area contributed by atoms with Crippen LogP contribution in [0.1, 0.15) is 11.6 Å². The molecule has 0 spiro atoms. The predicted molar refractivity (Wildman–Crippen MR) is 91.0 cm³/mol. The first kappa shape index (κ1) is 18.4. The quantitative estimate of drug-likeness (QED) is 0.831. The van der Waals surface area contributed by atoms with Gasteiger partial charge in [-0.15, -0.1) is 0 Å². The number of benzene rings is 2. The van der Waals surface area contributed by atoms with Crippen LogP contribution in [0.25, 0.3) is 0 Å². The Hall–Kier alpha value is -1.96. The zero-order valence-electron chi connectivity index (χ0n) is 13.9. The summed E-state index contributed by atoms with van der Waals surface area (Å²) in [6.07, 6.45) is 0. The van der Waals surface area contributed by atoms with Gasteiger partial charge in [0.05, 0.1) is 12.0 Å². The molecule has 24 heavy (non-hydrogen) atoms. The summed E-state index contributed by atoms with van der Waals surface area (Å²) in [6.45, 7) is 0.130. The number of methoxy groups -OCH3 is 1. The maximum absolute atomic E-state index is 13.4. The average Bonchev–Trinajstić information content (AvgIpc) is 2.55. The van der Waals surface area contributed by atoms with Crippen molar-refractivity contribution < 1.29 is 17.5 Å². The van der Waals surface area contributed by atoms with Gasteiger partial charge in [-0.1, -0.05) is 12.1 Å². The van der Waals surface area contributed by atoms with Gasteiger partial charge in [0.25, 0.3) is 0 Å². The van der Waals surface area contributed by atoms with E-state index in [1.54, 1.807) is 24.3 Å². The van der Waals surface area contributed by atoms with Crippen LogP contribution in [0.5, 0.6) is 5.75 Å². The maximum Gasteiger partial charge on any atom is 0.240 e. The van der Waals surface area contributed by atoms with Crippen molar-refractivity contribution in [3.8, 4) is 5.75 Å². The predicted octanol–water partition coefficient (Wildman–Crippen LogP) is 2.42. The standard InChI is InChI=1S/C17H21FN2O3S/c1-20(2)17(13-5-4-6-14(18)11-13)12-19-24(21,22)16-9-7-15(23-3)8-10-16/h4-11,17,19H,12H2,1-3H3. The van der Waals surface area contributed by atoms with Crippen LogP contribution in [0.4, 0.5) is 4.39 Å². The minimum Gasteiger partial charge on any atom is -0.497 e. The van der Waals surface area contributed by atoms with Gasteiger partial charge in [-0.25, -0.2) is 17.5 Å². The molecule has 1 unspecified atom stereocenters. The lowest BCUT2D eigenvalue weighted by Gasteiger charge is -2.25. The van der Waals surface area contributed by atoms with Crippen molar-refractivity contribution in [2.75, 3.05) is 27.7 Å². The SMILES string of the molecule is COc1ccc(S(=O)(=O)NCC(c2cccc(F)c2)N(C)C)cc1. The van der Waals surface area contributed by atoms with E-state index >= 15 is 0 Å². The van der Waals surface area contributed by atoms with Gasteiger partial charge in [-0.3, -0.25) is 0 Å². The van der Waals surface area contributed by atoms with Gasteiger partial charge in [0.15, 0.2) is 0 Å². The highest BCUT2D eigenvalue weighted by molar-refractivity contribution is 7.89. The van der Waals surface area contributed by atoms with Gasteiger partial charge in [0.2, 0.25) is 10.0 Å². The minimum atomic E-state index is -3.66. The Morgan fingerprint density at radius 3 is 2.38 bits per heavy atom. The summed E-state index contributed by atoms with van der Waals surface area (Å²) in [5, 5.41) is 0. The van der Waals surface area contributed by atoms with Crippen molar-refractivity contribution in [2.45, 2.75) is 10.9 Å². The van der Waals surface area contributed by atoms with Crippen molar-refractivity contribution >= 4 is 10.0 Å². The van der Waals surface area contributed by atoms with Gasteiger partial charge in [0.1, 0.15) is 11.6 Å². The van der Waals surface area contributed by atoms with Crippen LogP contribution in [0.3, 0.4) is 0 Å². The van der Waals surface area contributed by atoms with Crippen molar-refractivity contribution in [1.29, 1.82) is 0 Å². The van der Waals surface area contributed by atoms with Crippen LogP contribution in [0.2, 0.25) is 0 Å². The van der Waals surface area contributed by atoms with E-state index < -0.39 is 10.0 Å². The number of hydrogen-bond donors (Lipinski definition) is 1. The number of likely N-dealkylation sites (N-methyl/N-ethyl adjacent to an activating group) is 1. The number of ether oxygens (including phenoxy) is 1. The Labute approximate surface area is 142 Å². The Bertz CT molecular complexity index is 777. The zero-order chi connectivity index (χ0) is 17.7. The summed E-state index contributed by atoms with van der Waals surface area (Å²) >= 11 is 0. The third-order valence-corrected chi connectivity index (χ3v) is 5.13. The molecular weight excluding hydrogens is 331 g/mol. The second kappa shape index (κ2) is 7.74. The number of rotatable bonds is 7. The van der Waals surface area contributed by atoms with Gasteiger partial charge < -0.3 is 9.64 Å². The molecule has 0 saturated heterocycles. The van der Waals surface area contributed by atoms with Crippen molar-refractivity contribution in [2.24, 2.45) is 0 Å². The first-order chi connectivity index (χ1) is 11.3. The third kappa shape index (κ3) is 4.53. The highest BCUT2D eigenvalue weighted by atomic mass is 32.2. The molecule has 1 atom stereocenters. The average molecular weight is 352 g/mol. The van der Waals surface area contributed by atoms with E-state index in [1.165, 1.54) is 31.4 Å². The van der Waals surface area contributed by atoms with E-state index in [0.717, 1.165) is 0 Å². The van der Waals surface area contributed by atoms with Crippen LogP contribution >= 0.6 is 0 Å². The summed E-state index contributed by atoms with van der Waals surface area (Å²) in [5.74, 6) is 0.234. The molecule has 2 rings (SSSR count). The molecule has 0 aliphatic heterocycles. The molecule has 2 aromatic rings. The second-order valence-corrected chi connectivity index (χ2v) is 7.33. The maximum atomic E-state index is 13.4. The number of sulfonamides is 1. The van der Waals surface area contributed by atoms with Gasteiger partial charge in [-0.05, 0) is 56.1 Å². The van der Waals surface area contributed by atoms with Crippen LogP contribution in [-0.2, 0) is 10.0 Å². The molecule has 0 saturated carbocycles. The number of hydrogen-bond acceptors (Lipinski definition) is 4. The normalized spacial score (nSPS) is 13.0. The molecule has 0 heterocycles. The molecule has 0 aliphatic carbocycles. The summed E-state index contributed by atoms with van der Waals surface area (Å²) in [4.78, 5) is 1.99. The number of halogens is 1. The summed E-state index contributed by atoms with van der Waals surface area (Å²) < 4.78 is 45.9. The largest absolute Gasteiger partial charge is 0.497 e. The van der Waals surface area contributed by atoms with Crippen LogP contribution in [0, 0.1) is 5.82 Å². The van der Waals surface area contributed by atoms with Crippen molar-refractivity contribution in [1.82, 2.24) is 9.62 Å². The van der Waals surface area contributed by atoms with Gasteiger partial charge >= 0.3 is 0 Å². The van der Waals surface area contributed by atoms with E-state index in [2.05, 4.69) is 4.72 Å². The first-order valence-corrected chi connectivity index (χ1v) is 8.87. The summed E-state index contributed by atoms with van der Waals surface area (Å²) in [5.41, 5.74) is 0.706. The lowest BCUT2D eigenvalue weighted by molar-refractivity contribution is 0.299. The lowest BCUT2D eigenvalue weighted by Crippen LogP contribution is -2.34. The van der Waals surface area contributed by atoms with Crippen molar-refractivity contribution in [3.63, 3.8) is 0 Å². The molecule has 0 bridgehead atoms. The molecule has 130 valence electrons. The molecule has 7 heteroatoms. The smallest absolute Gasteiger partial charge is 0.240 e. The van der Waals surface area contributed by atoms with Crippen LogP contribution < -0.4 is 9.46 Å². The fourth-order valence-electron chi connectivity index (χ4n) is 2.34. The molecule has 0 radical (unpaired) electrons. The Balaban J connectivity index is 2.15. The van der Waals surface area contributed by atoms with E-state index in [4.69, 9.17) is 4.74 Å². The minimum absolute atomic E-state index is 0.130. The summed E-state index contributed by atoms with van der Waals surface area (Å²) in [6, 6.07) is 12.0. The Morgan fingerprint density at radius 1 is 1.17 bits per heavy atom. The zero-order valence-corrected chi connectivity index (χ0v) is 14.7. The van der Waals surface area contributed by atoms with Crippen LogP contribution in [-0.4, -0.2) is 41.1 Å². The Kier molecular flexibility index (Phi) is 5.93. The monoisotopic (exact) mass is 352 g/mol. The van der Waals surface area contributed by atoms with Crippen LogP contribution in [0.15, 0.2) is 53.4 Å². The molecule has 2 aromatic carbocycles. The fourth-order valence-corrected chi connectivity index (χ4v) is 3.38. The van der Waals surface area contributed by atoms with Crippen molar-refractivity contribution in [3.05, 3.63) is 59.9 Å². The second-order valence-electron chi connectivity index (χ2n) is 5.56. The molecule has 0 fully saturated rings. The molecule has 0 amide bonds. The first-order valence-electron chi connectivity index (χ1n) is 7.39. The highest BCUT2D eigenvalue weighted by Crippen LogP contribution is 2.20. The molecule has 5 nitrogen and oxygen atoms in total. The van der Waals surface area contributed by atoms with E-state index in [9.17, 15) is 12.8 Å². The van der Waals surface area contributed by atoms with Gasteiger partial charge in [0, 0.05) is 12.6 Å². The van der Waals surface area contributed by atoms with E-state index in [0.29, 0.717) is 11.3 Å².